The van der Waals surface area contributed by atoms with Crippen LogP contribution in [0, 0.1) is 5.92 Å². The van der Waals surface area contributed by atoms with Crippen molar-refractivity contribution >= 4 is 17.2 Å². The zero-order valence-corrected chi connectivity index (χ0v) is 13.2. The highest BCUT2D eigenvalue weighted by atomic mass is 32.1. The van der Waals surface area contributed by atoms with Gasteiger partial charge in [-0.25, -0.2) is 0 Å². The van der Waals surface area contributed by atoms with Crippen molar-refractivity contribution in [1.29, 1.82) is 0 Å². The molecule has 3 fully saturated rings. The van der Waals surface area contributed by atoms with Crippen molar-refractivity contribution in [1.82, 2.24) is 10.2 Å². The van der Waals surface area contributed by atoms with E-state index in [2.05, 4.69) is 34.0 Å². The maximum absolute atomic E-state index is 12.8. The van der Waals surface area contributed by atoms with Crippen molar-refractivity contribution in [3.05, 3.63) is 22.4 Å². The topological polar surface area (TPSA) is 41.6 Å². The summed E-state index contributed by atoms with van der Waals surface area (Å²) in [5.41, 5.74) is 0.984. The minimum absolute atomic E-state index is 0.0596. The standard InChI is InChI=1S/C16H22N2O2S/c1-2-13-11(3-7-20-13)9-18-14(12-4-8-21-10-12)17-16(5-6-16)15(18)19/h4,8,10-11,13-14,17H,2-3,5-7,9H2,1H3. The quantitative estimate of drug-likeness (QED) is 0.929. The molecule has 1 aromatic rings. The van der Waals surface area contributed by atoms with Crippen LogP contribution in [0.5, 0.6) is 0 Å². The Balaban J connectivity index is 1.57. The Kier molecular flexibility index (Phi) is 3.32. The summed E-state index contributed by atoms with van der Waals surface area (Å²) in [4.78, 5) is 14.9. The van der Waals surface area contributed by atoms with Crippen molar-refractivity contribution in [3.8, 4) is 0 Å². The van der Waals surface area contributed by atoms with Crippen LogP contribution in [0.4, 0.5) is 0 Å². The molecule has 1 aromatic heterocycles. The van der Waals surface area contributed by atoms with Crippen LogP contribution in [0.3, 0.4) is 0 Å². The molecule has 3 heterocycles. The Labute approximate surface area is 129 Å². The number of carbonyl (C=O) groups excluding carboxylic acids is 1. The Morgan fingerprint density at radius 1 is 1.52 bits per heavy atom. The third-order valence-corrected chi connectivity index (χ3v) is 5.89. The van der Waals surface area contributed by atoms with E-state index in [0.29, 0.717) is 17.9 Å². The molecular weight excluding hydrogens is 284 g/mol. The lowest BCUT2D eigenvalue weighted by molar-refractivity contribution is -0.131. The summed E-state index contributed by atoms with van der Waals surface area (Å²) in [6.07, 6.45) is 4.46. The van der Waals surface area contributed by atoms with E-state index in [-0.39, 0.29) is 11.7 Å². The number of hydrogen-bond donors (Lipinski definition) is 1. The van der Waals surface area contributed by atoms with E-state index < -0.39 is 0 Å². The number of thiophene rings is 1. The molecule has 21 heavy (non-hydrogen) atoms. The molecule has 2 saturated heterocycles. The smallest absolute Gasteiger partial charge is 0.244 e. The molecule has 1 aliphatic carbocycles. The molecule has 1 saturated carbocycles. The molecule has 114 valence electrons. The fraction of sp³-hybridized carbons (Fsp3) is 0.688. The van der Waals surface area contributed by atoms with Gasteiger partial charge in [-0.05, 0) is 48.1 Å². The first kappa shape index (κ1) is 13.7. The van der Waals surface area contributed by atoms with Gasteiger partial charge in [0.25, 0.3) is 0 Å². The van der Waals surface area contributed by atoms with E-state index in [1.165, 1.54) is 5.56 Å². The number of rotatable bonds is 4. The third-order valence-electron chi connectivity index (χ3n) is 5.18. The van der Waals surface area contributed by atoms with Gasteiger partial charge in [0.1, 0.15) is 11.7 Å². The summed E-state index contributed by atoms with van der Waals surface area (Å²) >= 11 is 1.70. The second-order valence-corrected chi connectivity index (χ2v) is 7.29. The molecule has 3 atom stereocenters. The van der Waals surface area contributed by atoms with Crippen molar-refractivity contribution in [2.24, 2.45) is 5.92 Å². The highest BCUT2D eigenvalue weighted by Crippen LogP contribution is 2.46. The van der Waals surface area contributed by atoms with Crippen LogP contribution in [0.2, 0.25) is 0 Å². The van der Waals surface area contributed by atoms with Gasteiger partial charge >= 0.3 is 0 Å². The van der Waals surface area contributed by atoms with E-state index in [9.17, 15) is 4.79 Å². The molecule has 0 aromatic carbocycles. The van der Waals surface area contributed by atoms with Crippen LogP contribution in [-0.2, 0) is 9.53 Å². The Hall–Kier alpha value is -0.910. The lowest BCUT2D eigenvalue weighted by Gasteiger charge is -2.28. The third kappa shape index (κ3) is 2.22. The SMILES string of the molecule is CCC1OCCC1CN1C(=O)C2(CC2)NC1c1ccsc1. The Morgan fingerprint density at radius 3 is 3.05 bits per heavy atom. The first-order valence-corrected chi connectivity index (χ1v) is 8.90. The fourth-order valence-corrected chi connectivity index (χ4v) is 4.44. The number of nitrogens with one attached hydrogen (secondary N) is 1. The Bertz CT molecular complexity index is 526. The lowest BCUT2D eigenvalue weighted by Crippen LogP contribution is -2.37. The molecule has 3 aliphatic rings. The summed E-state index contributed by atoms with van der Waals surface area (Å²) in [6.45, 7) is 3.84. The van der Waals surface area contributed by atoms with Gasteiger partial charge in [-0.2, -0.15) is 11.3 Å². The molecule has 5 heteroatoms. The maximum Gasteiger partial charge on any atom is 0.244 e. The molecular formula is C16H22N2O2S. The number of carbonyl (C=O) groups is 1. The van der Waals surface area contributed by atoms with Crippen molar-refractivity contribution in [3.63, 3.8) is 0 Å². The highest BCUT2D eigenvalue weighted by molar-refractivity contribution is 7.07. The van der Waals surface area contributed by atoms with Gasteiger partial charge in [0.05, 0.1) is 6.10 Å². The molecule has 0 bridgehead atoms. The van der Waals surface area contributed by atoms with Gasteiger partial charge in [-0.1, -0.05) is 6.92 Å². The average molecular weight is 306 g/mol. The van der Waals surface area contributed by atoms with Gasteiger partial charge in [0.2, 0.25) is 5.91 Å². The molecule has 4 rings (SSSR count). The number of ether oxygens (including phenoxy) is 1. The molecule has 2 aliphatic heterocycles. The van der Waals surface area contributed by atoms with E-state index in [4.69, 9.17) is 4.74 Å². The van der Waals surface area contributed by atoms with E-state index in [1.54, 1.807) is 11.3 Å². The van der Waals surface area contributed by atoms with Crippen molar-refractivity contribution < 1.29 is 9.53 Å². The summed E-state index contributed by atoms with van der Waals surface area (Å²) in [6, 6.07) is 2.13. The minimum Gasteiger partial charge on any atom is -0.378 e. The van der Waals surface area contributed by atoms with Crippen LogP contribution in [0.25, 0.3) is 0 Å². The highest BCUT2D eigenvalue weighted by Gasteiger charge is 2.59. The predicted octanol–water partition coefficient (Wildman–Crippen LogP) is 2.53. The van der Waals surface area contributed by atoms with E-state index in [0.717, 1.165) is 38.8 Å². The molecule has 1 N–H and O–H groups in total. The van der Waals surface area contributed by atoms with E-state index in [1.807, 2.05) is 0 Å². The molecule has 1 amide bonds. The largest absolute Gasteiger partial charge is 0.378 e. The normalized spacial score (nSPS) is 34.0. The zero-order chi connectivity index (χ0) is 14.4. The van der Waals surface area contributed by atoms with Crippen LogP contribution >= 0.6 is 11.3 Å². The van der Waals surface area contributed by atoms with Crippen LogP contribution in [0.1, 0.15) is 44.3 Å². The minimum atomic E-state index is -0.242. The maximum atomic E-state index is 12.8. The second-order valence-electron chi connectivity index (χ2n) is 6.51. The van der Waals surface area contributed by atoms with Crippen LogP contribution in [-0.4, -0.2) is 35.6 Å². The fourth-order valence-electron chi connectivity index (χ4n) is 3.76. The first-order valence-electron chi connectivity index (χ1n) is 7.96. The van der Waals surface area contributed by atoms with Crippen LogP contribution < -0.4 is 5.32 Å². The predicted molar refractivity (Wildman–Crippen MR) is 82.0 cm³/mol. The van der Waals surface area contributed by atoms with Gasteiger partial charge < -0.3 is 9.64 Å². The summed E-state index contributed by atoms with van der Waals surface area (Å²) in [7, 11) is 0. The van der Waals surface area contributed by atoms with Gasteiger partial charge in [0.15, 0.2) is 0 Å². The van der Waals surface area contributed by atoms with E-state index >= 15 is 0 Å². The second kappa shape index (κ2) is 5.07. The number of amides is 1. The van der Waals surface area contributed by atoms with Crippen molar-refractivity contribution in [2.45, 2.75) is 50.4 Å². The van der Waals surface area contributed by atoms with Crippen LogP contribution in [0.15, 0.2) is 16.8 Å². The van der Waals surface area contributed by atoms with Crippen molar-refractivity contribution in [2.75, 3.05) is 13.2 Å². The molecule has 1 spiro atoms. The monoisotopic (exact) mass is 306 g/mol. The first-order chi connectivity index (χ1) is 10.2. The summed E-state index contributed by atoms with van der Waals surface area (Å²) < 4.78 is 5.80. The lowest BCUT2D eigenvalue weighted by atomic mass is 9.98. The molecule has 4 nitrogen and oxygen atoms in total. The molecule has 0 radical (unpaired) electrons. The zero-order valence-electron chi connectivity index (χ0n) is 12.4. The number of hydrogen-bond acceptors (Lipinski definition) is 4. The van der Waals surface area contributed by atoms with Gasteiger partial charge in [-0.3, -0.25) is 10.1 Å². The number of nitrogens with zero attached hydrogens (tertiary/aromatic N) is 1. The van der Waals surface area contributed by atoms with Gasteiger partial charge in [0, 0.05) is 19.1 Å². The molecule has 3 unspecified atom stereocenters. The van der Waals surface area contributed by atoms with Gasteiger partial charge in [-0.15, -0.1) is 0 Å². The summed E-state index contributed by atoms with van der Waals surface area (Å²) in [5.74, 6) is 0.788. The average Bonchev–Trinajstić information content (AvgIpc) is 2.88. The summed E-state index contributed by atoms with van der Waals surface area (Å²) in [5, 5.41) is 7.84. The Morgan fingerprint density at radius 2 is 2.38 bits per heavy atom.